The first-order valence-corrected chi connectivity index (χ1v) is 9.57. The van der Waals surface area contributed by atoms with Crippen molar-refractivity contribution in [3.63, 3.8) is 0 Å². The van der Waals surface area contributed by atoms with Crippen LogP contribution >= 0.6 is 15.9 Å². The molecule has 0 aromatic heterocycles. The molecule has 1 aromatic rings. The van der Waals surface area contributed by atoms with E-state index in [4.69, 9.17) is 10.2 Å². The summed E-state index contributed by atoms with van der Waals surface area (Å²) in [7, 11) is 0. The van der Waals surface area contributed by atoms with Gasteiger partial charge in [0.05, 0.1) is 11.1 Å². The van der Waals surface area contributed by atoms with Gasteiger partial charge in [-0.3, -0.25) is 9.47 Å². The Balaban J connectivity index is 3.56. The molecule has 0 fully saturated rings. The maximum Gasteiger partial charge on any atom is 0.471 e. The van der Waals surface area contributed by atoms with E-state index >= 15 is 0 Å². The molecule has 0 saturated heterocycles. The van der Waals surface area contributed by atoms with Crippen LogP contribution in [0.3, 0.4) is 0 Å². The summed E-state index contributed by atoms with van der Waals surface area (Å²) >= 11 is 0.820. The summed E-state index contributed by atoms with van der Waals surface area (Å²) in [4.78, 5) is 21.9. The van der Waals surface area contributed by atoms with E-state index in [1.54, 1.807) is 0 Å². The van der Waals surface area contributed by atoms with Crippen LogP contribution in [0.4, 0.5) is 70.2 Å². The summed E-state index contributed by atoms with van der Waals surface area (Å²) in [5.74, 6) is -21.8. The molecule has 0 aliphatic heterocycles. The van der Waals surface area contributed by atoms with Crippen LogP contribution in [0.15, 0.2) is 18.2 Å². The van der Waals surface area contributed by atoms with Gasteiger partial charge in [0.15, 0.2) is 0 Å². The third-order valence-corrected chi connectivity index (χ3v) is 4.59. The molecular formula is C16H5BrF16O7. The lowest BCUT2D eigenvalue weighted by molar-refractivity contribution is -0.545. The van der Waals surface area contributed by atoms with Gasteiger partial charge in [-0.25, -0.2) is 9.59 Å². The number of rotatable bonds is 11. The van der Waals surface area contributed by atoms with Crippen molar-refractivity contribution in [3.05, 3.63) is 29.3 Å². The average Bonchev–Trinajstić information content (AvgIpc) is 2.69. The molecule has 7 nitrogen and oxygen atoms in total. The predicted octanol–water partition coefficient (Wildman–Crippen LogP) is 6.72. The molecule has 40 heavy (non-hydrogen) atoms. The van der Waals surface area contributed by atoms with Gasteiger partial charge >= 0.3 is 59.2 Å². The molecule has 0 heterocycles. The standard InChI is InChI=1S/C16H5BrF16O7/c17-11(21,16(32,33)38-6-2-4(7(34)35)1-5(3-6)8(36)37)40-15(30,31)10(20,13(25,26)27)39-14(28,29)9(18,19)12(22,23)24/h1-3H,(H,34,35)(H,36,37). The first-order valence-electron chi connectivity index (χ1n) is 8.77. The number of hydrogen-bond donors (Lipinski definition) is 2. The summed E-state index contributed by atoms with van der Waals surface area (Å²) < 4.78 is 213. The zero-order chi connectivity index (χ0) is 32.1. The van der Waals surface area contributed by atoms with Gasteiger partial charge in [-0.2, -0.15) is 70.2 Å². The molecule has 0 amide bonds. The minimum Gasteiger partial charge on any atom is -0.478 e. The number of benzene rings is 1. The van der Waals surface area contributed by atoms with Crippen molar-refractivity contribution in [1.29, 1.82) is 0 Å². The third kappa shape index (κ3) is 6.58. The highest BCUT2D eigenvalue weighted by Crippen LogP contribution is 2.57. The Labute approximate surface area is 215 Å². The maximum absolute atomic E-state index is 14.3. The van der Waals surface area contributed by atoms with E-state index in [0.717, 1.165) is 15.9 Å². The van der Waals surface area contributed by atoms with Crippen molar-refractivity contribution in [3.8, 4) is 5.75 Å². The van der Waals surface area contributed by atoms with Crippen LogP contribution in [0.2, 0.25) is 0 Å². The lowest BCUT2D eigenvalue weighted by Crippen LogP contribution is -2.67. The number of carboxylic acid groups (broad SMARTS) is 2. The number of carbonyl (C=O) groups is 2. The van der Waals surface area contributed by atoms with Crippen LogP contribution in [0, 0.1) is 0 Å². The van der Waals surface area contributed by atoms with Crippen LogP contribution < -0.4 is 4.74 Å². The van der Waals surface area contributed by atoms with Crippen molar-refractivity contribution in [2.75, 3.05) is 0 Å². The molecule has 0 aliphatic carbocycles. The Morgan fingerprint density at radius 2 is 1.00 bits per heavy atom. The molecule has 0 spiro atoms. The minimum atomic E-state index is -7.95. The van der Waals surface area contributed by atoms with Gasteiger partial charge in [0.2, 0.25) is 0 Å². The van der Waals surface area contributed by atoms with Gasteiger partial charge in [-0.15, -0.1) is 0 Å². The van der Waals surface area contributed by atoms with Crippen molar-refractivity contribution < 1.29 is 104 Å². The van der Waals surface area contributed by atoms with E-state index < -0.39 is 76.0 Å². The summed E-state index contributed by atoms with van der Waals surface area (Å²) in [5, 5.41) is 17.6. The normalized spacial score (nSPS) is 17.1. The topological polar surface area (TPSA) is 102 Å². The number of ether oxygens (including phenoxy) is 3. The first kappa shape index (κ1) is 35.3. The van der Waals surface area contributed by atoms with E-state index in [1.165, 1.54) is 4.74 Å². The van der Waals surface area contributed by atoms with E-state index in [9.17, 15) is 79.8 Å². The highest BCUT2D eigenvalue weighted by molar-refractivity contribution is 9.10. The molecule has 0 bridgehead atoms. The number of aromatic carboxylic acids is 2. The average molecular weight is 693 g/mol. The van der Waals surface area contributed by atoms with E-state index in [-0.39, 0.29) is 18.2 Å². The second-order valence-electron chi connectivity index (χ2n) is 6.89. The summed E-state index contributed by atoms with van der Waals surface area (Å²) in [5.41, 5.74) is -2.48. The number of halogens is 17. The molecule has 2 atom stereocenters. The molecule has 0 saturated carbocycles. The summed E-state index contributed by atoms with van der Waals surface area (Å²) in [6, 6.07) is 0.121. The predicted molar refractivity (Wildman–Crippen MR) is 91.7 cm³/mol. The highest BCUT2D eigenvalue weighted by atomic mass is 79.9. The SMILES string of the molecule is O=C(O)c1cc(OC(F)(F)C(F)(Br)OC(F)(F)C(F)(OC(F)(F)C(F)(F)C(F)(F)F)C(F)(F)F)cc(C(=O)O)c1. The fourth-order valence-electron chi connectivity index (χ4n) is 2.09. The fourth-order valence-corrected chi connectivity index (χ4v) is 2.37. The molecule has 24 heteroatoms. The molecular weight excluding hydrogens is 688 g/mol. The third-order valence-electron chi connectivity index (χ3n) is 3.97. The second kappa shape index (κ2) is 10.3. The van der Waals surface area contributed by atoms with Crippen molar-refractivity contribution >= 4 is 27.9 Å². The Morgan fingerprint density at radius 1 is 0.600 bits per heavy atom. The van der Waals surface area contributed by atoms with Gasteiger partial charge in [0.25, 0.3) is 0 Å². The maximum atomic E-state index is 14.3. The van der Waals surface area contributed by atoms with Crippen molar-refractivity contribution in [1.82, 2.24) is 0 Å². The molecule has 2 N–H and O–H groups in total. The van der Waals surface area contributed by atoms with Crippen LogP contribution in [0.5, 0.6) is 5.75 Å². The van der Waals surface area contributed by atoms with Gasteiger partial charge in [0, 0.05) is 0 Å². The first-order chi connectivity index (χ1) is 17.4. The monoisotopic (exact) mass is 692 g/mol. The largest absolute Gasteiger partial charge is 0.478 e. The second-order valence-corrected chi connectivity index (χ2v) is 7.91. The van der Waals surface area contributed by atoms with Gasteiger partial charge in [-0.1, -0.05) is 0 Å². The van der Waals surface area contributed by atoms with Crippen molar-refractivity contribution in [2.45, 2.75) is 47.2 Å². The van der Waals surface area contributed by atoms with Crippen LogP contribution in [0.1, 0.15) is 20.7 Å². The number of hydrogen-bond acceptors (Lipinski definition) is 5. The van der Waals surface area contributed by atoms with Crippen LogP contribution in [0.25, 0.3) is 0 Å². The van der Waals surface area contributed by atoms with Gasteiger partial charge in [0.1, 0.15) is 5.75 Å². The van der Waals surface area contributed by atoms with E-state index in [1.807, 2.05) is 0 Å². The van der Waals surface area contributed by atoms with E-state index in [2.05, 4.69) is 9.47 Å². The molecule has 1 aromatic carbocycles. The van der Waals surface area contributed by atoms with Crippen LogP contribution in [-0.4, -0.2) is 69.4 Å². The zero-order valence-electron chi connectivity index (χ0n) is 17.6. The lowest BCUT2D eigenvalue weighted by Gasteiger charge is -2.40. The lowest BCUT2D eigenvalue weighted by atomic mass is 10.1. The smallest absolute Gasteiger partial charge is 0.471 e. The van der Waals surface area contributed by atoms with Crippen LogP contribution in [-0.2, 0) is 9.47 Å². The molecule has 2 unspecified atom stereocenters. The van der Waals surface area contributed by atoms with E-state index in [0.29, 0.717) is 0 Å². The molecule has 0 aliphatic rings. The molecule has 1 rings (SSSR count). The summed E-state index contributed by atoms with van der Waals surface area (Å²) in [6.07, 6.45) is -37.4. The Hall–Kier alpha value is -2.76. The quantitative estimate of drug-likeness (QED) is 0.196. The Morgan fingerprint density at radius 3 is 1.32 bits per heavy atom. The van der Waals surface area contributed by atoms with Crippen molar-refractivity contribution in [2.24, 2.45) is 0 Å². The molecule has 0 radical (unpaired) electrons. The zero-order valence-corrected chi connectivity index (χ0v) is 19.2. The molecule has 230 valence electrons. The summed E-state index contributed by atoms with van der Waals surface area (Å²) in [6.45, 7) is 0. The Bertz CT molecular complexity index is 1100. The number of alkyl halides is 17. The number of carboxylic acids is 2. The fraction of sp³-hybridized carbons (Fsp3) is 0.500. The van der Waals surface area contributed by atoms with Gasteiger partial charge < -0.3 is 14.9 Å². The van der Waals surface area contributed by atoms with Gasteiger partial charge in [-0.05, 0) is 34.1 Å². The Kier molecular flexibility index (Phi) is 9.04. The minimum absolute atomic E-state index is 0.0675. The highest BCUT2D eigenvalue weighted by Gasteiger charge is 2.85.